The van der Waals surface area contributed by atoms with Gasteiger partial charge in [-0.05, 0) is 24.1 Å². The predicted molar refractivity (Wildman–Crippen MR) is 69.6 cm³/mol. The SMILES string of the molecule is C=CCOc1cc(CC)ccc1C(=O)CBr. The van der Waals surface area contributed by atoms with Crippen molar-refractivity contribution < 1.29 is 9.53 Å². The fourth-order valence-electron chi connectivity index (χ4n) is 1.36. The minimum absolute atomic E-state index is 0.0294. The first-order valence-corrected chi connectivity index (χ1v) is 6.30. The molecule has 1 aromatic carbocycles. The summed E-state index contributed by atoms with van der Waals surface area (Å²) in [4.78, 5) is 11.6. The van der Waals surface area contributed by atoms with Crippen LogP contribution in [0.25, 0.3) is 0 Å². The van der Waals surface area contributed by atoms with Crippen LogP contribution in [0.4, 0.5) is 0 Å². The number of hydrogen-bond donors (Lipinski definition) is 0. The van der Waals surface area contributed by atoms with Crippen LogP contribution in [0.2, 0.25) is 0 Å². The van der Waals surface area contributed by atoms with Gasteiger partial charge in [0.1, 0.15) is 12.4 Å². The van der Waals surface area contributed by atoms with Crippen molar-refractivity contribution in [2.45, 2.75) is 13.3 Å². The maximum atomic E-state index is 11.6. The van der Waals surface area contributed by atoms with Crippen LogP contribution >= 0.6 is 15.9 Å². The molecule has 0 unspecified atom stereocenters. The molecule has 0 bridgehead atoms. The summed E-state index contributed by atoms with van der Waals surface area (Å²) in [6.45, 7) is 6.07. The smallest absolute Gasteiger partial charge is 0.177 e. The second-order valence-electron chi connectivity index (χ2n) is 3.34. The molecule has 1 rings (SSSR count). The van der Waals surface area contributed by atoms with Gasteiger partial charge in [0.15, 0.2) is 5.78 Å². The third-order valence-electron chi connectivity index (χ3n) is 2.23. The molecule has 0 spiro atoms. The second-order valence-corrected chi connectivity index (χ2v) is 3.90. The summed E-state index contributed by atoms with van der Waals surface area (Å²) in [5, 5.41) is 0.308. The molecular formula is C13H15BrO2. The van der Waals surface area contributed by atoms with Crippen molar-refractivity contribution in [1.29, 1.82) is 0 Å². The molecule has 0 radical (unpaired) electrons. The standard InChI is InChI=1S/C13H15BrO2/c1-3-7-16-13-8-10(4-2)5-6-11(13)12(15)9-14/h3,5-6,8H,1,4,7,9H2,2H3. The molecule has 16 heavy (non-hydrogen) atoms. The van der Waals surface area contributed by atoms with Gasteiger partial charge >= 0.3 is 0 Å². The van der Waals surface area contributed by atoms with Crippen molar-refractivity contribution >= 4 is 21.7 Å². The summed E-state index contributed by atoms with van der Waals surface area (Å²) in [7, 11) is 0. The van der Waals surface area contributed by atoms with E-state index in [2.05, 4.69) is 29.4 Å². The van der Waals surface area contributed by atoms with Crippen molar-refractivity contribution in [3.63, 3.8) is 0 Å². The molecule has 0 atom stereocenters. The van der Waals surface area contributed by atoms with Crippen molar-refractivity contribution in [2.75, 3.05) is 11.9 Å². The van der Waals surface area contributed by atoms with Crippen molar-refractivity contribution in [3.05, 3.63) is 42.0 Å². The lowest BCUT2D eigenvalue weighted by molar-refractivity contribution is 0.102. The molecular weight excluding hydrogens is 268 g/mol. The van der Waals surface area contributed by atoms with Crippen LogP contribution in [0.3, 0.4) is 0 Å². The molecule has 0 fully saturated rings. The number of alkyl halides is 1. The molecule has 0 aliphatic carbocycles. The average molecular weight is 283 g/mol. The topological polar surface area (TPSA) is 26.3 Å². The number of benzene rings is 1. The Morgan fingerprint density at radius 1 is 1.56 bits per heavy atom. The molecule has 86 valence electrons. The predicted octanol–water partition coefficient (Wildman–Crippen LogP) is 3.39. The molecule has 0 aromatic heterocycles. The van der Waals surface area contributed by atoms with Gasteiger partial charge in [-0.2, -0.15) is 0 Å². The van der Waals surface area contributed by atoms with Gasteiger partial charge in [-0.1, -0.05) is 41.6 Å². The lowest BCUT2D eigenvalue weighted by atomic mass is 10.1. The lowest BCUT2D eigenvalue weighted by Crippen LogP contribution is -2.05. The van der Waals surface area contributed by atoms with E-state index < -0.39 is 0 Å². The van der Waals surface area contributed by atoms with Gasteiger partial charge in [0.05, 0.1) is 10.9 Å². The summed E-state index contributed by atoms with van der Waals surface area (Å²) in [6, 6.07) is 5.69. The Hall–Kier alpha value is -1.09. The molecule has 3 heteroatoms. The number of halogens is 1. The maximum Gasteiger partial charge on any atom is 0.177 e. The number of ketones is 1. The average Bonchev–Trinajstić information content (AvgIpc) is 2.34. The highest BCUT2D eigenvalue weighted by molar-refractivity contribution is 9.09. The molecule has 0 aliphatic rings. The monoisotopic (exact) mass is 282 g/mol. The molecule has 0 aliphatic heterocycles. The van der Waals surface area contributed by atoms with Crippen LogP contribution in [-0.2, 0) is 6.42 Å². The van der Waals surface area contributed by atoms with Crippen molar-refractivity contribution in [2.24, 2.45) is 0 Å². The van der Waals surface area contributed by atoms with E-state index in [4.69, 9.17) is 4.74 Å². The Morgan fingerprint density at radius 2 is 2.31 bits per heavy atom. The Balaban J connectivity index is 3.05. The van der Waals surface area contributed by atoms with E-state index >= 15 is 0 Å². The van der Waals surface area contributed by atoms with E-state index in [0.717, 1.165) is 12.0 Å². The largest absolute Gasteiger partial charge is 0.489 e. The quantitative estimate of drug-likeness (QED) is 0.454. The van der Waals surface area contributed by atoms with E-state index in [1.54, 1.807) is 6.08 Å². The van der Waals surface area contributed by atoms with Crippen LogP contribution in [0.15, 0.2) is 30.9 Å². The van der Waals surface area contributed by atoms with E-state index in [-0.39, 0.29) is 5.78 Å². The summed E-state index contributed by atoms with van der Waals surface area (Å²) in [5.74, 6) is 0.672. The lowest BCUT2D eigenvalue weighted by Gasteiger charge is -2.10. The van der Waals surface area contributed by atoms with Gasteiger partial charge in [-0.15, -0.1) is 0 Å². The first-order chi connectivity index (χ1) is 7.72. The van der Waals surface area contributed by atoms with E-state index in [0.29, 0.717) is 23.2 Å². The molecule has 0 heterocycles. The van der Waals surface area contributed by atoms with Crippen LogP contribution < -0.4 is 4.74 Å². The summed E-state index contributed by atoms with van der Waals surface area (Å²) >= 11 is 3.16. The Bertz CT molecular complexity index is 386. The molecule has 0 saturated heterocycles. The highest BCUT2D eigenvalue weighted by Crippen LogP contribution is 2.22. The van der Waals surface area contributed by atoms with Gasteiger partial charge in [-0.25, -0.2) is 0 Å². The summed E-state index contributed by atoms with van der Waals surface area (Å²) in [6.07, 6.45) is 2.59. The fourth-order valence-corrected chi connectivity index (χ4v) is 1.66. The van der Waals surface area contributed by atoms with Gasteiger partial charge in [0.25, 0.3) is 0 Å². The third kappa shape index (κ3) is 3.20. The number of rotatable bonds is 6. The fraction of sp³-hybridized carbons (Fsp3) is 0.308. The van der Waals surface area contributed by atoms with Crippen molar-refractivity contribution in [3.8, 4) is 5.75 Å². The van der Waals surface area contributed by atoms with Crippen LogP contribution in [-0.4, -0.2) is 17.7 Å². The Morgan fingerprint density at radius 3 is 2.88 bits per heavy atom. The molecule has 2 nitrogen and oxygen atoms in total. The number of Topliss-reactive ketones (excluding diaryl/α,β-unsaturated/α-hetero) is 1. The number of carbonyl (C=O) groups is 1. The van der Waals surface area contributed by atoms with E-state index in [1.165, 1.54) is 0 Å². The number of ether oxygens (including phenoxy) is 1. The first-order valence-electron chi connectivity index (χ1n) is 5.18. The number of aryl methyl sites for hydroxylation is 1. The zero-order valence-corrected chi connectivity index (χ0v) is 10.9. The van der Waals surface area contributed by atoms with Crippen LogP contribution in [0.1, 0.15) is 22.8 Å². The second kappa shape index (κ2) is 6.48. The Kier molecular flexibility index (Phi) is 5.26. The minimum Gasteiger partial charge on any atom is -0.489 e. The molecule has 0 saturated carbocycles. The molecule has 0 amide bonds. The zero-order valence-electron chi connectivity index (χ0n) is 9.33. The number of hydrogen-bond acceptors (Lipinski definition) is 2. The zero-order chi connectivity index (χ0) is 12.0. The normalized spacial score (nSPS) is 9.88. The highest BCUT2D eigenvalue weighted by atomic mass is 79.9. The first kappa shape index (κ1) is 13.0. The molecule has 0 N–H and O–H groups in total. The van der Waals surface area contributed by atoms with E-state index in [1.807, 2.05) is 18.2 Å². The van der Waals surface area contributed by atoms with Crippen LogP contribution in [0.5, 0.6) is 5.75 Å². The van der Waals surface area contributed by atoms with Gasteiger partial charge in [0.2, 0.25) is 0 Å². The van der Waals surface area contributed by atoms with Crippen molar-refractivity contribution in [1.82, 2.24) is 0 Å². The van der Waals surface area contributed by atoms with Gasteiger partial charge < -0.3 is 4.74 Å². The minimum atomic E-state index is 0.0294. The summed E-state index contributed by atoms with van der Waals surface area (Å²) < 4.78 is 5.49. The van der Waals surface area contributed by atoms with Gasteiger partial charge in [0, 0.05) is 0 Å². The van der Waals surface area contributed by atoms with Gasteiger partial charge in [-0.3, -0.25) is 4.79 Å². The van der Waals surface area contributed by atoms with E-state index in [9.17, 15) is 4.79 Å². The number of carbonyl (C=O) groups excluding carboxylic acids is 1. The van der Waals surface area contributed by atoms with Crippen LogP contribution in [0, 0.1) is 0 Å². The maximum absolute atomic E-state index is 11.6. The highest BCUT2D eigenvalue weighted by Gasteiger charge is 2.11. The Labute approximate surface area is 104 Å². The third-order valence-corrected chi connectivity index (χ3v) is 2.74. The summed E-state index contributed by atoms with van der Waals surface area (Å²) in [5.41, 5.74) is 1.78. The molecule has 1 aromatic rings.